The van der Waals surface area contributed by atoms with Gasteiger partial charge < -0.3 is 44.6 Å². The number of amides is 3. The molecule has 1 aliphatic heterocycles. The molecule has 19 heteroatoms. The number of benzene rings is 3. The van der Waals surface area contributed by atoms with Crippen molar-refractivity contribution in [2.24, 2.45) is 10.2 Å². The van der Waals surface area contributed by atoms with Gasteiger partial charge >= 0.3 is 11.9 Å². The number of hydrogen-bond donors (Lipinski definition) is 5. The number of anilines is 3. The number of esters is 2. The van der Waals surface area contributed by atoms with Crippen LogP contribution < -0.4 is 16.0 Å². The number of rotatable bonds is 33. The quantitative estimate of drug-likeness (QED) is 0.00756. The number of fused-ring (bicyclic) bond motifs is 1. The van der Waals surface area contributed by atoms with Crippen LogP contribution in [0.1, 0.15) is 124 Å². The fourth-order valence-corrected chi connectivity index (χ4v) is 8.97. The summed E-state index contributed by atoms with van der Waals surface area (Å²) in [5, 5.41) is 37.8. The van der Waals surface area contributed by atoms with Gasteiger partial charge in [0.2, 0.25) is 11.9 Å². The fraction of sp³-hybridized carbons (Fsp3) is 0.474. The first-order valence-corrected chi connectivity index (χ1v) is 26.0. The van der Waals surface area contributed by atoms with Crippen LogP contribution in [0.4, 0.5) is 22.7 Å². The number of carbonyl (C=O) groups is 8. The van der Waals surface area contributed by atoms with Crippen molar-refractivity contribution in [1.82, 2.24) is 0 Å². The van der Waals surface area contributed by atoms with Gasteiger partial charge in [-0.1, -0.05) is 19.2 Å². The van der Waals surface area contributed by atoms with Gasteiger partial charge in [0.1, 0.15) is 38.5 Å². The summed E-state index contributed by atoms with van der Waals surface area (Å²) in [5.74, 6) is -3.58. The fourth-order valence-electron chi connectivity index (χ4n) is 8.97. The minimum Gasteiger partial charge on any atom is -0.459 e. The molecule has 0 saturated heterocycles. The number of ether oxygens (including phenoxy) is 2. The summed E-state index contributed by atoms with van der Waals surface area (Å²) in [6.07, 6.45) is 1.08. The highest BCUT2D eigenvalue weighted by atomic mass is 16.5. The Bertz CT molecular complexity index is 2550. The molecule has 0 spiro atoms. The van der Waals surface area contributed by atoms with E-state index in [9.17, 15) is 48.6 Å². The van der Waals surface area contributed by atoms with Crippen molar-refractivity contribution >= 4 is 69.8 Å². The Morgan fingerprint density at radius 2 is 1.16 bits per heavy atom. The van der Waals surface area contributed by atoms with Gasteiger partial charge in [0.25, 0.3) is 11.8 Å². The first kappa shape index (κ1) is 61.5. The van der Waals surface area contributed by atoms with E-state index in [0.29, 0.717) is 98.4 Å². The van der Waals surface area contributed by atoms with Crippen LogP contribution in [0, 0.1) is 0 Å². The Morgan fingerprint density at radius 1 is 0.658 bits per heavy atom. The molecule has 0 fully saturated rings. The number of hydrogen-bond acceptors (Lipinski definition) is 14. The maximum Gasteiger partial charge on any atom is 0.333 e. The molecule has 3 aromatic carbocycles. The molecule has 0 bridgehead atoms. The van der Waals surface area contributed by atoms with Crippen LogP contribution in [0.3, 0.4) is 0 Å². The van der Waals surface area contributed by atoms with Gasteiger partial charge in [-0.05, 0) is 134 Å². The number of nitrogens with one attached hydrogen (secondary N) is 3. The number of Topliss-reactive ketones (excluding diaryl/α,β-unsaturated/α-hetero) is 3. The molecule has 1 aliphatic rings. The van der Waals surface area contributed by atoms with Gasteiger partial charge in [0.15, 0.2) is 17.3 Å². The molecule has 3 unspecified atom stereocenters. The topological polar surface area (TPSA) is 256 Å². The van der Waals surface area contributed by atoms with E-state index >= 15 is 0 Å². The summed E-state index contributed by atoms with van der Waals surface area (Å²) in [4.78, 5) is 103. The monoisotopic (exact) mass is 1050 g/mol. The zero-order valence-electron chi connectivity index (χ0n) is 45.2. The van der Waals surface area contributed by atoms with E-state index in [4.69, 9.17) is 9.47 Å². The third-order valence-corrected chi connectivity index (χ3v) is 13.9. The zero-order valence-corrected chi connectivity index (χ0v) is 45.2. The smallest absolute Gasteiger partial charge is 0.333 e. The van der Waals surface area contributed by atoms with Crippen molar-refractivity contribution in [2.75, 3.05) is 81.5 Å². The number of azo groups is 1. The molecule has 76 heavy (non-hydrogen) atoms. The molecule has 1 heterocycles. The number of unbranched alkanes of at least 4 members (excludes halogenated alkanes) is 2. The van der Waals surface area contributed by atoms with E-state index in [-0.39, 0.29) is 89.2 Å². The summed E-state index contributed by atoms with van der Waals surface area (Å²) < 4.78 is 11.4. The van der Waals surface area contributed by atoms with Crippen LogP contribution in [-0.4, -0.2) is 150 Å². The number of aliphatic hydroxyl groups excluding tert-OH is 2. The van der Waals surface area contributed by atoms with Crippen LogP contribution in [0.25, 0.3) is 0 Å². The van der Waals surface area contributed by atoms with Crippen molar-refractivity contribution in [3.8, 4) is 0 Å². The molecular weight excluding hydrogens is 975 g/mol. The van der Waals surface area contributed by atoms with Crippen LogP contribution in [-0.2, 0) is 39.9 Å². The van der Waals surface area contributed by atoms with Gasteiger partial charge in [-0.15, -0.1) is 0 Å². The minimum absolute atomic E-state index is 0.152. The molecule has 19 nitrogen and oxygen atoms in total. The minimum atomic E-state index is -1.48. The Kier molecular flexibility index (Phi) is 23.7. The predicted octanol–water partition coefficient (Wildman–Crippen LogP) is 7.49. The second-order valence-electron chi connectivity index (χ2n) is 19.7. The lowest BCUT2D eigenvalue weighted by atomic mass is 9.97. The van der Waals surface area contributed by atoms with E-state index < -0.39 is 47.8 Å². The first-order valence-electron chi connectivity index (χ1n) is 26.0. The van der Waals surface area contributed by atoms with Gasteiger partial charge in [0, 0.05) is 57.7 Å². The maximum atomic E-state index is 13.9. The Hall–Kier alpha value is -7.06. The highest BCUT2D eigenvalue weighted by Gasteiger charge is 2.30. The molecular formula is C57H77N7O12+2. The second-order valence-corrected chi connectivity index (χ2v) is 19.7. The molecule has 0 aromatic heterocycles. The Balaban J connectivity index is 1.47. The number of quaternary nitrogens is 2. The summed E-state index contributed by atoms with van der Waals surface area (Å²) in [5.41, 5.74) is 3.39. The SMILES string of the molecule is C=C(C)C(=O)OCC(O)C[N+](CC)(CC)CCCCC(=O)c1cc(NC(=O)c2ccc(N=NC(C(C)=O)C(=O)Nc3ccc4c(c3)NC(=O)C4)cc2)cc(C(=O)CCCC[N+](CC)(CC)CC(O)COC(=O)C(=C)C)c1. The lowest BCUT2D eigenvalue weighted by molar-refractivity contribution is -0.927. The highest BCUT2D eigenvalue weighted by Crippen LogP contribution is 2.27. The lowest BCUT2D eigenvalue weighted by Crippen LogP contribution is -2.53. The summed E-state index contributed by atoms with van der Waals surface area (Å²) in [7, 11) is 0. The molecule has 0 radical (unpaired) electrons. The second kappa shape index (κ2) is 29.3. The van der Waals surface area contributed by atoms with Crippen molar-refractivity contribution < 1.29 is 67.0 Å². The summed E-state index contributed by atoms with van der Waals surface area (Å²) >= 11 is 0. The van der Waals surface area contributed by atoms with Crippen LogP contribution in [0.2, 0.25) is 0 Å². The summed E-state index contributed by atoms with van der Waals surface area (Å²) in [6, 6.07) is 14.0. The number of ketones is 3. The summed E-state index contributed by atoms with van der Waals surface area (Å²) in [6.45, 7) is 24.1. The number of aliphatic hydroxyl groups is 2. The normalized spacial score (nSPS) is 13.5. The van der Waals surface area contributed by atoms with Crippen LogP contribution in [0.15, 0.2) is 95.2 Å². The number of carbonyl (C=O) groups excluding carboxylic acids is 8. The first-order chi connectivity index (χ1) is 36.0. The third-order valence-electron chi connectivity index (χ3n) is 13.9. The molecule has 0 saturated carbocycles. The average Bonchev–Trinajstić information content (AvgIpc) is 3.77. The van der Waals surface area contributed by atoms with E-state index in [1.54, 1.807) is 36.4 Å². The van der Waals surface area contributed by atoms with E-state index in [2.05, 4.69) is 39.3 Å². The maximum absolute atomic E-state index is 13.9. The highest BCUT2D eigenvalue weighted by molar-refractivity contribution is 6.11. The number of nitrogens with zero attached hydrogens (tertiary/aromatic N) is 4. The van der Waals surface area contributed by atoms with E-state index in [1.165, 1.54) is 45.0 Å². The van der Waals surface area contributed by atoms with Gasteiger partial charge in [-0.3, -0.25) is 28.8 Å². The Labute approximate surface area is 446 Å². The van der Waals surface area contributed by atoms with Gasteiger partial charge in [-0.25, -0.2) is 9.59 Å². The molecule has 3 amide bonds. The molecule has 0 aliphatic carbocycles. The molecule has 4 rings (SSSR count). The Morgan fingerprint density at radius 3 is 1.62 bits per heavy atom. The molecule has 410 valence electrons. The van der Waals surface area contributed by atoms with Gasteiger partial charge in [0.05, 0.1) is 51.4 Å². The standard InChI is InChI=1S/C57H75N7O12/c1-10-63(11-2,33-47(66)35-75-56(73)37(5)6)26-16-14-18-50(68)42-28-43(51(69)19-15-17-27-64(12-3,13-4)34-48(67)36-76-57(74)38(7)8)30-46(29-42)59-54(71)40-20-23-44(24-21-40)61-62-53(39(9)65)55(72)58-45-25-22-41-31-52(70)60-49(41)32-45/h20-25,28-30,32,47-48,53,66-67H,5,7,10-19,26-27,31,33-36H2,1-4,6,8-9H3,(H-2,58,59,60,70,71,72)/p+2. The lowest BCUT2D eigenvalue weighted by Gasteiger charge is -2.38. The van der Waals surface area contributed by atoms with Crippen molar-refractivity contribution in [2.45, 2.75) is 112 Å². The zero-order chi connectivity index (χ0) is 56.2. The largest absolute Gasteiger partial charge is 0.459 e. The van der Waals surface area contributed by atoms with Crippen LogP contribution in [0.5, 0.6) is 0 Å². The van der Waals surface area contributed by atoms with E-state index in [1.807, 2.05) is 27.7 Å². The number of likely N-dealkylation sites (N-methyl/N-ethyl adjacent to an activating group) is 2. The van der Waals surface area contributed by atoms with Crippen molar-refractivity contribution in [3.63, 3.8) is 0 Å². The van der Waals surface area contributed by atoms with Crippen molar-refractivity contribution in [3.05, 3.63) is 107 Å². The molecule has 5 N–H and O–H groups in total. The van der Waals surface area contributed by atoms with Gasteiger partial charge in [-0.2, -0.15) is 10.2 Å². The average molecular weight is 1050 g/mol. The van der Waals surface area contributed by atoms with Crippen molar-refractivity contribution in [1.29, 1.82) is 0 Å². The van der Waals surface area contributed by atoms with Crippen LogP contribution >= 0.6 is 0 Å². The predicted molar refractivity (Wildman–Crippen MR) is 289 cm³/mol. The third kappa shape index (κ3) is 18.6. The molecule has 3 aromatic rings. The van der Waals surface area contributed by atoms with E-state index in [0.717, 1.165) is 5.56 Å². The molecule has 3 atom stereocenters.